The van der Waals surface area contributed by atoms with Crippen molar-refractivity contribution in [3.8, 4) is 0 Å². The Kier molecular flexibility index (Phi) is 5.06. The second-order valence-corrected chi connectivity index (χ2v) is 10.2. The molecule has 141 valence electrons. The average Bonchev–Trinajstić information content (AvgIpc) is 3.03. The van der Waals surface area contributed by atoms with Crippen LogP contribution in [0.2, 0.25) is 0 Å². The van der Waals surface area contributed by atoms with E-state index in [2.05, 4.69) is 69.0 Å². The first-order chi connectivity index (χ1) is 11.6. The third kappa shape index (κ3) is 4.65. The fourth-order valence-electron chi connectivity index (χ4n) is 4.78. The minimum absolute atomic E-state index is 0.143. The summed E-state index contributed by atoms with van der Waals surface area (Å²) in [7, 11) is 2.16. The molecule has 4 heteroatoms. The quantitative estimate of drug-likeness (QED) is 0.783. The van der Waals surface area contributed by atoms with E-state index in [4.69, 9.17) is 4.74 Å². The zero-order valence-electron chi connectivity index (χ0n) is 17.0. The number of hydrogen-bond donors (Lipinski definition) is 0. The molecule has 3 rings (SSSR count). The summed E-state index contributed by atoms with van der Waals surface area (Å²) in [4.78, 5) is 2.29. The molecule has 0 N–H and O–H groups in total. The lowest BCUT2D eigenvalue weighted by Gasteiger charge is -2.37. The van der Waals surface area contributed by atoms with E-state index in [9.17, 15) is 0 Å². The van der Waals surface area contributed by atoms with Crippen molar-refractivity contribution in [1.29, 1.82) is 0 Å². The Bertz CT molecular complexity index is 576. The molecule has 2 heterocycles. The molecule has 0 bridgehead atoms. The fourth-order valence-corrected chi connectivity index (χ4v) is 4.78. The first-order valence-electron chi connectivity index (χ1n) is 9.80. The summed E-state index contributed by atoms with van der Waals surface area (Å²) in [5.74, 6) is 0. The maximum Gasteiger partial charge on any atom is 0.0690 e. The maximum absolute atomic E-state index is 6.27. The molecule has 1 aliphatic heterocycles. The molecule has 25 heavy (non-hydrogen) atoms. The van der Waals surface area contributed by atoms with Gasteiger partial charge in [0.25, 0.3) is 0 Å². The Hall–Kier alpha value is -0.870. The van der Waals surface area contributed by atoms with Gasteiger partial charge in [-0.1, -0.05) is 34.6 Å². The van der Waals surface area contributed by atoms with Gasteiger partial charge in [0.05, 0.1) is 23.9 Å². The van der Waals surface area contributed by atoms with Crippen LogP contribution < -0.4 is 0 Å². The minimum atomic E-state index is 0.143. The Morgan fingerprint density at radius 3 is 2.56 bits per heavy atom. The number of nitrogens with zero attached hydrogens (tertiary/aromatic N) is 3. The maximum atomic E-state index is 6.27. The standard InChI is InChI=1S/C21H36N3O/c1-19(2,3)15-23(6)13-18-9-12-22-24(18)17-7-10-21(11-8-17)14-20(4,5)16-25-21/h9,12,15,17H,7-8,10-11,13-14,16H2,1-6H3. The van der Waals surface area contributed by atoms with Crippen LogP contribution in [0.4, 0.5) is 0 Å². The number of hydrogen-bond acceptors (Lipinski definition) is 3. The van der Waals surface area contributed by atoms with Crippen LogP contribution in [-0.2, 0) is 11.3 Å². The van der Waals surface area contributed by atoms with Crippen LogP contribution in [-0.4, -0.2) is 33.9 Å². The van der Waals surface area contributed by atoms with Crippen LogP contribution in [0.5, 0.6) is 0 Å². The summed E-state index contributed by atoms with van der Waals surface area (Å²) in [6.07, 6.45) is 7.87. The molecule has 0 amide bonds. The van der Waals surface area contributed by atoms with Gasteiger partial charge in [0.1, 0.15) is 0 Å². The molecule has 0 aromatic carbocycles. The van der Waals surface area contributed by atoms with Crippen LogP contribution in [0.15, 0.2) is 12.3 Å². The van der Waals surface area contributed by atoms with E-state index in [-0.39, 0.29) is 11.0 Å². The number of rotatable bonds is 4. The molecule has 1 saturated carbocycles. The summed E-state index contributed by atoms with van der Waals surface area (Å²) in [6, 6.07) is 2.69. The van der Waals surface area contributed by atoms with Crippen LogP contribution in [0.1, 0.15) is 78.5 Å². The first kappa shape index (κ1) is 18.9. The summed E-state index contributed by atoms with van der Waals surface area (Å²) in [5, 5.41) is 4.67. The van der Waals surface area contributed by atoms with Gasteiger partial charge in [-0.05, 0) is 56.0 Å². The molecule has 1 aromatic rings. The van der Waals surface area contributed by atoms with Gasteiger partial charge in [0, 0.05) is 19.3 Å². The van der Waals surface area contributed by atoms with Crippen LogP contribution >= 0.6 is 0 Å². The molecule has 0 unspecified atom stereocenters. The highest BCUT2D eigenvalue weighted by molar-refractivity contribution is 5.05. The zero-order valence-corrected chi connectivity index (χ0v) is 17.0. The van der Waals surface area contributed by atoms with Gasteiger partial charge in [-0.3, -0.25) is 9.58 Å². The highest BCUT2D eigenvalue weighted by atomic mass is 16.5. The van der Waals surface area contributed by atoms with E-state index in [0.717, 1.165) is 13.2 Å². The first-order valence-corrected chi connectivity index (χ1v) is 9.80. The molecular weight excluding hydrogens is 310 g/mol. The van der Waals surface area contributed by atoms with Gasteiger partial charge in [-0.25, -0.2) is 0 Å². The predicted molar refractivity (Wildman–Crippen MR) is 102 cm³/mol. The normalized spacial score (nSPS) is 29.6. The second-order valence-electron chi connectivity index (χ2n) is 10.2. The van der Waals surface area contributed by atoms with Gasteiger partial charge in [-0.2, -0.15) is 5.10 Å². The molecule has 0 atom stereocenters. The monoisotopic (exact) mass is 346 g/mol. The molecule has 1 aliphatic carbocycles. The third-order valence-corrected chi connectivity index (χ3v) is 5.55. The Morgan fingerprint density at radius 1 is 1.32 bits per heavy atom. The lowest BCUT2D eigenvalue weighted by molar-refractivity contribution is -0.0354. The Balaban J connectivity index is 1.60. The molecule has 1 spiro atoms. The van der Waals surface area contributed by atoms with E-state index in [1.807, 2.05) is 6.20 Å². The van der Waals surface area contributed by atoms with Crippen molar-refractivity contribution in [3.63, 3.8) is 0 Å². The van der Waals surface area contributed by atoms with Crippen molar-refractivity contribution in [2.75, 3.05) is 13.7 Å². The Labute approximate surface area is 153 Å². The van der Waals surface area contributed by atoms with E-state index >= 15 is 0 Å². The highest BCUT2D eigenvalue weighted by Crippen LogP contribution is 2.48. The Morgan fingerprint density at radius 2 is 2.00 bits per heavy atom. The zero-order chi connectivity index (χ0) is 18.3. The molecule has 2 aliphatic rings. The van der Waals surface area contributed by atoms with Crippen molar-refractivity contribution < 1.29 is 4.74 Å². The van der Waals surface area contributed by atoms with E-state index in [0.29, 0.717) is 11.5 Å². The topological polar surface area (TPSA) is 30.3 Å². The molecule has 1 radical (unpaired) electrons. The van der Waals surface area contributed by atoms with Crippen LogP contribution in [0.3, 0.4) is 0 Å². The van der Waals surface area contributed by atoms with Gasteiger partial charge >= 0.3 is 0 Å². The van der Waals surface area contributed by atoms with Gasteiger partial charge < -0.3 is 4.74 Å². The lowest BCUT2D eigenvalue weighted by atomic mass is 9.75. The smallest absolute Gasteiger partial charge is 0.0690 e. The third-order valence-electron chi connectivity index (χ3n) is 5.55. The van der Waals surface area contributed by atoms with E-state index in [1.54, 1.807) is 0 Å². The predicted octanol–water partition coefficient (Wildman–Crippen LogP) is 4.82. The van der Waals surface area contributed by atoms with Gasteiger partial charge in [0.15, 0.2) is 0 Å². The number of ether oxygens (including phenoxy) is 1. The SMILES string of the molecule is CN([CH]C(C)(C)C)Cc1ccnn1C1CCC2(CC1)CC(C)(C)CO2. The van der Waals surface area contributed by atoms with Gasteiger partial charge in [0.2, 0.25) is 0 Å². The average molecular weight is 347 g/mol. The lowest BCUT2D eigenvalue weighted by Crippen LogP contribution is -2.35. The molecule has 1 aromatic heterocycles. The van der Waals surface area contributed by atoms with Crippen molar-refractivity contribution in [3.05, 3.63) is 24.5 Å². The van der Waals surface area contributed by atoms with Crippen molar-refractivity contribution in [2.24, 2.45) is 10.8 Å². The van der Waals surface area contributed by atoms with Gasteiger partial charge in [-0.15, -0.1) is 0 Å². The number of aromatic nitrogens is 2. The highest BCUT2D eigenvalue weighted by Gasteiger charge is 2.46. The van der Waals surface area contributed by atoms with E-state index < -0.39 is 0 Å². The van der Waals surface area contributed by atoms with Crippen molar-refractivity contribution >= 4 is 0 Å². The fraction of sp³-hybridized carbons (Fsp3) is 0.810. The second kappa shape index (κ2) is 6.70. The van der Waals surface area contributed by atoms with E-state index in [1.165, 1.54) is 37.8 Å². The minimum Gasteiger partial charge on any atom is -0.374 e. The molecular formula is C21H36N3O. The summed E-state index contributed by atoms with van der Waals surface area (Å²) < 4.78 is 8.55. The summed E-state index contributed by atoms with van der Waals surface area (Å²) in [5.41, 5.74) is 2.00. The molecule has 2 fully saturated rings. The summed E-state index contributed by atoms with van der Waals surface area (Å²) >= 11 is 0. The van der Waals surface area contributed by atoms with Crippen molar-refractivity contribution in [2.45, 2.75) is 84.9 Å². The molecule has 1 saturated heterocycles. The van der Waals surface area contributed by atoms with Crippen molar-refractivity contribution in [1.82, 2.24) is 14.7 Å². The largest absolute Gasteiger partial charge is 0.374 e. The summed E-state index contributed by atoms with van der Waals surface area (Å²) in [6.45, 7) is 15.5. The van der Waals surface area contributed by atoms with Crippen LogP contribution in [0, 0.1) is 17.4 Å². The molecule has 4 nitrogen and oxygen atoms in total. The van der Waals surface area contributed by atoms with Crippen LogP contribution in [0.25, 0.3) is 0 Å².